The highest BCUT2D eigenvalue weighted by atomic mass is 32.1. The zero-order valence-corrected chi connectivity index (χ0v) is 10.8. The first-order chi connectivity index (χ1) is 8.68. The molecule has 1 aromatic heterocycles. The van der Waals surface area contributed by atoms with E-state index >= 15 is 0 Å². The number of hydrogen-bond acceptors (Lipinski definition) is 3. The van der Waals surface area contributed by atoms with Crippen LogP contribution in [-0.2, 0) is 6.54 Å². The first-order valence-corrected chi connectivity index (χ1v) is 6.59. The second-order valence-electron chi connectivity index (χ2n) is 4.10. The van der Waals surface area contributed by atoms with E-state index < -0.39 is 11.6 Å². The fourth-order valence-electron chi connectivity index (χ4n) is 1.68. The standard InChI is InChI=1S/C13H14F2N2S/c1-9(13-17-5-6-18-13)7-16-8-10-11(14)3-2-4-12(10)15/h2-6,9,16H,7-8H2,1H3. The van der Waals surface area contributed by atoms with E-state index in [0.29, 0.717) is 6.54 Å². The third-order valence-electron chi connectivity index (χ3n) is 2.69. The summed E-state index contributed by atoms with van der Waals surface area (Å²) in [7, 11) is 0. The highest BCUT2D eigenvalue weighted by Crippen LogP contribution is 2.17. The van der Waals surface area contributed by atoms with Gasteiger partial charge < -0.3 is 5.32 Å². The molecule has 2 rings (SSSR count). The van der Waals surface area contributed by atoms with Gasteiger partial charge in [-0.05, 0) is 12.1 Å². The third kappa shape index (κ3) is 3.11. The minimum absolute atomic E-state index is 0.0869. The molecule has 1 heterocycles. The van der Waals surface area contributed by atoms with Crippen LogP contribution in [0, 0.1) is 11.6 Å². The van der Waals surface area contributed by atoms with Gasteiger partial charge in [0.25, 0.3) is 0 Å². The summed E-state index contributed by atoms with van der Waals surface area (Å²) >= 11 is 1.58. The van der Waals surface area contributed by atoms with Crippen LogP contribution in [0.3, 0.4) is 0 Å². The van der Waals surface area contributed by atoms with Gasteiger partial charge in [-0.15, -0.1) is 11.3 Å². The van der Waals surface area contributed by atoms with E-state index in [4.69, 9.17) is 0 Å². The van der Waals surface area contributed by atoms with E-state index in [1.54, 1.807) is 17.5 Å². The predicted molar refractivity (Wildman–Crippen MR) is 68.6 cm³/mol. The largest absolute Gasteiger partial charge is 0.312 e. The average molecular weight is 268 g/mol. The first-order valence-electron chi connectivity index (χ1n) is 5.71. The number of hydrogen-bond donors (Lipinski definition) is 1. The molecule has 96 valence electrons. The van der Waals surface area contributed by atoms with Crippen LogP contribution in [0.2, 0.25) is 0 Å². The van der Waals surface area contributed by atoms with E-state index in [2.05, 4.69) is 10.3 Å². The quantitative estimate of drug-likeness (QED) is 0.900. The van der Waals surface area contributed by atoms with Crippen molar-refractivity contribution in [3.8, 4) is 0 Å². The molecule has 0 amide bonds. The summed E-state index contributed by atoms with van der Waals surface area (Å²) < 4.78 is 26.7. The van der Waals surface area contributed by atoms with Gasteiger partial charge in [0, 0.05) is 36.1 Å². The van der Waals surface area contributed by atoms with Gasteiger partial charge in [-0.2, -0.15) is 0 Å². The zero-order chi connectivity index (χ0) is 13.0. The summed E-state index contributed by atoms with van der Waals surface area (Å²) in [5, 5.41) is 6.00. The molecule has 0 bridgehead atoms. The number of thiazole rings is 1. The summed E-state index contributed by atoms with van der Waals surface area (Å²) in [5.74, 6) is -0.784. The molecule has 2 aromatic rings. The highest BCUT2D eigenvalue weighted by molar-refractivity contribution is 7.09. The molecule has 1 aromatic carbocycles. The Morgan fingerprint density at radius 2 is 2.06 bits per heavy atom. The minimum atomic E-state index is -0.510. The van der Waals surface area contributed by atoms with Crippen molar-refractivity contribution < 1.29 is 8.78 Å². The Morgan fingerprint density at radius 3 is 2.67 bits per heavy atom. The lowest BCUT2D eigenvalue weighted by atomic mass is 10.1. The first kappa shape index (κ1) is 13.1. The monoisotopic (exact) mass is 268 g/mol. The van der Waals surface area contributed by atoms with Crippen molar-refractivity contribution in [2.45, 2.75) is 19.4 Å². The molecule has 0 aliphatic carbocycles. The molecule has 1 N–H and O–H groups in total. The number of benzene rings is 1. The summed E-state index contributed by atoms with van der Waals surface area (Å²) in [6.45, 7) is 2.86. The Bertz CT molecular complexity index is 479. The molecule has 1 unspecified atom stereocenters. The number of rotatable bonds is 5. The topological polar surface area (TPSA) is 24.9 Å². The number of nitrogens with zero attached hydrogens (tertiary/aromatic N) is 1. The lowest BCUT2D eigenvalue weighted by Crippen LogP contribution is -2.21. The maximum Gasteiger partial charge on any atom is 0.130 e. The number of halogens is 2. The van der Waals surface area contributed by atoms with Crippen LogP contribution in [0.5, 0.6) is 0 Å². The SMILES string of the molecule is CC(CNCc1c(F)cccc1F)c1nccs1. The van der Waals surface area contributed by atoms with Crippen LogP contribution < -0.4 is 5.32 Å². The van der Waals surface area contributed by atoms with Gasteiger partial charge in [-0.1, -0.05) is 13.0 Å². The molecule has 0 fully saturated rings. The van der Waals surface area contributed by atoms with Crippen LogP contribution >= 0.6 is 11.3 Å². The molecule has 0 spiro atoms. The number of nitrogens with one attached hydrogen (secondary N) is 1. The summed E-state index contributed by atoms with van der Waals surface area (Å²) in [6, 6.07) is 3.90. The molecule has 0 saturated heterocycles. The molecule has 0 aliphatic heterocycles. The van der Waals surface area contributed by atoms with Gasteiger partial charge in [0.1, 0.15) is 11.6 Å². The lowest BCUT2D eigenvalue weighted by molar-refractivity contribution is 0.526. The Labute approximate surface area is 109 Å². The van der Waals surface area contributed by atoms with E-state index in [1.807, 2.05) is 12.3 Å². The van der Waals surface area contributed by atoms with E-state index in [1.165, 1.54) is 18.2 Å². The zero-order valence-electron chi connectivity index (χ0n) is 9.99. The van der Waals surface area contributed by atoms with Crippen molar-refractivity contribution >= 4 is 11.3 Å². The van der Waals surface area contributed by atoms with Crippen LogP contribution in [0.4, 0.5) is 8.78 Å². The molecule has 2 nitrogen and oxygen atoms in total. The van der Waals surface area contributed by atoms with Crippen molar-refractivity contribution in [2.75, 3.05) is 6.54 Å². The fraction of sp³-hybridized carbons (Fsp3) is 0.308. The molecule has 0 radical (unpaired) electrons. The molecular formula is C13H14F2N2S. The Balaban J connectivity index is 1.89. The van der Waals surface area contributed by atoms with E-state index in [0.717, 1.165) is 5.01 Å². The lowest BCUT2D eigenvalue weighted by Gasteiger charge is -2.11. The van der Waals surface area contributed by atoms with Gasteiger partial charge in [0.05, 0.1) is 5.01 Å². The van der Waals surface area contributed by atoms with Crippen LogP contribution in [0.1, 0.15) is 23.4 Å². The predicted octanol–water partition coefficient (Wildman–Crippen LogP) is 3.31. The van der Waals surface area contributed by atoms with Crippen LogP contribution in [-0.4, -0.2) is 11.5 Å². The van der Waals surface area contributed by atoms with Gasteiger partial charge in [-0.25, -0.2) is 13.8 Å². The Kier molecular flexibility index (Phi) is 4.38. The van der Waals surface area contributed by atoms with Gasteiger partial charge in [0.2, 0.25) is 0 Å². The van der Waals surface area contributed by atoms with Crippen molar-refractivity contribution in [2.24, 2.45) is 0 Å². The third-order valence-corrected chi connectivity index (χ3v) is 3.69. The molecule has 1 atom stereocenters. The summed E-state index contributed by atoms with van der Waals surface area (Å²) in [4.78, 5) is 4.21. The maximum atomic E-state index is 13.4. The van der Waals surface area contributed by atoms with Crippen LogP contribution in [0.25, 0.3) is 0 Å². The van der Waals surface area contributed by atoms with Crippen molar-refractivity contribution in [3.63, 3.8) is 0 Å². The minimum Gasteiger partial charge on any atom is -0.312 e. The molecule has 0 saturated carbocycles. The van der Waals surface area contributed by atoms with Gasteiger partial charge >= 0.3 is 0 Å². The van der Waals surface area contributed by atoms with Crippen molar-refractivity contribution in [1.29, 1.82) is 0 Å². The van der Waals surface area contributed by atoms with Crippen molar-refractivity contribution in [3.05, 3.63) is 52.0 Å². The summed E-state index contributed by atoms with van der Waals surface area (Å²) in [5.41, 5.74) is 0.0869. The maximum absolute atomic E-state index is 13.4. The molecular weight excluding hydrogens is 254 g/mol. The van der Waals surface area contributed by atoms with E-state index in [-0.39, 0.29) is 18.0 Å². The molecule has 5 heteroatoms. The van der Waals surface area contributed by atoms with Crippen LogP contribution in [0.15, 0.2) is 29.8 Å². The van der Waals surface area contributed by atoms with E-state index in [9.17, 15) is 8.78 Å². The molecule has 18 heavy (non-hydrogen) atoms. The average Bonchev–Trinajstić information content (AvgIpc) is 2.86. The van der Waals surface area contributed by atoms with Gasteiger partial charge in [0.15, 0.2) is 0 Å². The second-order valence-corrected chi connectivity index (χ2v) is 5.03. The normalized spacial score (nSPS) is 12.6. The smallest absolute Gasteiger partial charge is 0.130 e. The van der Waals surface area contributed by atoms with Gasteiger partial charge in [-0.3, -0.25) is 0 Å². The second kappa shape index (κ2) is 6.02. The Hall–Kier alpha value is -1.33. The fourth-order valence-corrected chi connectivity index (χ4v) is 2.38. The number of aromatic nitrogens is 1. The highest BCUT2D eigenvalue weighted by Gasteiger charge is 2.10. The molecule has 0 aliphatic rings. The van der Waals surface area contributed by atoms with Crippen molar-refractivity contribution in [1.82, 2.24) is 10.3 Å². The Morgan fingerprint density at radius 1 is 1.33 bits per heavy atom. The summed E-state index contributed by atoms with van der Waals surface area (Å²) in [6.07, 6.45) is 1.76.